The van der Waals surface area contributed by atoms with E-state index < -0.39 is 11.9 Å². The van der Waals surface area contributed by atoms with Gasteiger partial charge in [-0.15, -0.1) is 11.3 Å². The zero-order valence-electron chi connectivity index (χ0n) is 15.5. The molecule has 10 heteroatoms. The van der Waals surface area contributed by atoms with E-state index in [1.54, 1.807) is 7.11 Å². The Hall–Kier alpha value is -1.39. The Morgan fingerprint density at radius 2 is 2.12 bits per heavy atom. The van der Waals surface area contributed by atoms with Crippen molar-refractivity contribution in [1.82, 2.24) is 20.5 Å². The number of nitrogens with one attached hydrogen (secondary N) is 2. The molecule has 0 aromatic carbocycles. The summed E-state index contributed by atoms with van der Waals surface area (Å²) in [6.45, 7) is 6.29. The first-order valence-electron chi connectivity index (χ1n) is 8.58. The van der Waals surface area contributed by atoms with Crippen molar-refractivity contribution < 1.29 is 17.9 Å². The van der Waals surface area contributed by atoms with Crippen LogP contribution >= 0.6 is 11.3 Å². The molecule has 0 amide bonds. The standard InChI is InChI=1S/C16H28F3N5OS/c1-4-20-15(22-8-10-24(2)9-5-11-25-3)21-7-6-14-23-13(12-26-14)16(17,18)19/h12H,4-11H2,1-3H3,(H2,20,21,22). The lowest BCUT2D eigenvalue weighted by molar-refractivity contribution is -0.140. The summed E-state index contributed by atoms with van der Waals surface area (Å²) in [5.41, 5.74) is -0.824. The third-order valence-electron chi connectivity index (χ3n) is 3.46. The minimum absolute atomic E-state index is 0.419. The molecule has 1 aromatic heterocycles. The van der Waals surface area contributed by atoms with Crippen LogP contribution in [0.4, 0.5) is 13.2 Å². The van der Waals surface area contributed by atoms with Gasteiger partial charge in [0.1, 0.15) is 0 Å². The molecular weight excluding hydrogens is 367 g/mol. The predicted molar refractivity (Wildman–Crippen MR) is 98.8 cm³/mol. The maximum atomic E-state index is 12.5. The molecule has 150 valence electrons. The number of guanidine groups is 1. The van der Waals surface area contributed by atoms with Crippen molar-refractivity contribution in [3.8, 4) is 0 Å². The number of rotatable bonds is 11. The topological polar surface area (TPSA) is 61.8 Å². The molecule has 0 spiro atoms. The molecule has 0 saturated carbocycles. The number of methoxy groups -OCH3 is 1. The van der Waals surface area contributed by atoms with Gasteiger partial charge in [-0.1, -0.05) is 0 Å². The van der Waals surface area contributed by atoms with Gasteiger partial charge in [-0.05, 0) is 20.4 Å². The number of thiazole rings is 1. The van der Waals surface area contributed by atoms with E-state index in [0.29, 0.717) is 37.0 Å². The summed E-state index contributed by atoms with van der Waals surface area (Å²) < 4.78 is 42.7. The second kappa shape index (κ2) is 12.1. The van der Waals surface area contributed by atoms with Gasteiger partial charge in [0.25, 0.3) is 0 Å². The monoisotopic (exact) mass is 395 g/mol. The molecular formula is C16H28F3N5OS. The zero-order valence-corrected chi connectivity index (χ0v) is 16.3. The Balaban J connectivity index is 2.36. The van der Waals surface area contributed by atoms with Crippen molar-refractivity contribution in [3.63, 3.8) is 0 Å². The van der Waals surface area contributed by atoms with Gasteiger partial charge in [0.05, 0.1) is 11.6 Å². The summed E-state index contributed by atoms with van der Waals surface area (Å²) in [4.78, 5) is 10.3. The highest BCUT2D eigenvalue weighted by molar-refractivity contribution is 7.09. The Kier molecular flexibility index (Phi) is 10.5. The molecule has 2 N–H and O–H groups in total. The second-order valence-corrected chi connectivity index (χ2v) is 6.65. The lowest BCUT2D eigenvalue weighted by atomic mass is 10.4. The van der Waals surface area contributed by atoms with Gasteiger partial charge in [-0.2, -0.15) is 13.2 Å². The van der Waals surface area contributed by atoms with E-state index in [9.17, 15) is 13.2 Å². The first-order chi connectivity index (χ1) is 12.4. The Bertz CT molecular complexity index is 536. The fourth-order valence-corrected chi connectivity index (χ4v) is 2.91. The van der Waals surface area contributed by atoms with Crippen molar-refractivity contribution in [2.24, 2.45) is 4.99 Å². The van der Waals surface area contributed by atoms with Gasteiger partial charge in [-0.25, -0.2) is 4.98 Å². The minimum Gasteiger partial charge on any atom is -0.385 e. The first-order valence-corrected chi connectivity index (χ1v) is 9.46. The smallest absolute Gasteiger partial charge is 0.385 e. The van der Waals surface area contributed by atoms with E-state index in [0.717, 1.165) is 42.8 Å². The van der Waals surface area contributed by atoms with E-state index in [-0.39, 0.29) is 0 Å². The Morgan fingerprint density at radius 1 is 1.35 bits per heavy atom. The lowest BCUT2D eigenvalue weighted by Crippen LogP contribution is -2.39. The van der Waals surface area contributed by atoms with Crippen LogP contribution in [0, 0.1) is 0 Å². The Labute approximate surface area is 156 Å². The number of aliphatic imine (C=N–C) groups is 1. The van der Waals surface area contributed by atoms with Crippen molar-refractivity contribution in [2.45, 2.75) is 25.9 Å². The van der Waals surface area contributed by atoms with Gasteiger partial charge in [0.15, 0.2) is 11.7 Å². The fourth-order valence-electron chi connectivity index (χ4n) is 2.11. The summed E-state index contributed by atoms with van der Waals surface area (Å²) in [5.74, 6) is 0.658. The minimum atomic E-state index is -4.38. The number of hydrogen-bond acceptors (Lipinski definition) is 5. The normalized spacial score (nSPS) is 12.7. The summed E-state index contributed by atoms with van der Waals surface area (Å²) in [5, 5.41) is 7.76. The van der Waals surface area contributed by atoms with Crippen LogP contribution in [0.2, 0.25) is 0 Å². The number of aromatic nitrogens is 1. The molecule has 1 heterocycles. The summed E-state index contributed by atoms with van der Waals surface area (Å²) in [7, 11) is 3.72. The maximum absolute atomic E-state index is 12.5. The summed E-state index contributed by atoms with van der Waals surface area (Å²) >= 11 is 1.02. The molecule has 1 rings (SSSR count). The highest BCUT2D eigenvalue weighted by Crippen LogP contribution is 2.29. The highest BCUT2D eigenvalue weighted by Gasteiger charge is 2.33. The third-order valence-corrected chi connectivity index (χ3v) is 4.37. The zero-order chi connectivity index (χ0) is 19.4. The quantitative estimate of drug-likeness (QED) is 0.342. The first kappa shape index (κ1) is 22.7. The van der Waals surface area contributed by atoms with Crippen LogP contribution in [0.15, 0.2) is 10.4 Å². The molecule has 0 aliphatic rings. The SMILES string of the molecule is CCNC(=NCCN(C)CCCOC)NCCc1nc(C(F)(F)F)cs1. The van der Waals surface area contributed by atoms with Crippen LogP contribution in [0.3, 0.4) is 0 Å². The van der Waals surface area contributed by atoms with E-state index in [1.165, 1.54) is 0 Å². The van der Waals surface area contributed by atoms with E-state index in [2.05, 4.69) is 25.5 Å². The highest BCUT2D eigenvalue weighted by atomic mass is 32.1. The molecule has 0 atom stereocenters. The van der Waals surface area contributed by atoms with Gasteiger partial charge in [0, 0.05) is 51.7 Å². The van der Waals surface area contributed by atoms with Crippen LogP contribution in [0.1, 0.15) is 24.0 Å². The van der Waals surface area contributed by atoms with Crippen LogP contribution < -0.4 is 10.6 Å². The van der Waals surface area contributed by atoms with Crippen LogP contribution in [0.5, 0.6) is 0 Å². The van der Waals surface area contributed by atoms with Crippen LogP contribution in [-0.2, 0) is 17.3 Å². The maximum Gasteiger partial charge on any atom is 0.434 e. The molecule has 26 heavy (non-hydrogen) atoms. The van der Waals surface area contributed by atoms with E-state index >= 15 is 0 Å². The third kappa shape index (κ3) is 9.35. The molecule has 0 saturated heterocycles. The van der Waals surface area contributed by atoms with Gasteiger partial charge in [0.2, 0.25) is 0 Å². The number of alkyl halides is 3. The summed E-state index contributed by atoms with van der Waals surface area (Å²) in [6.07, 6.45) is -2.99. The lowest BCUT2D eigenvalue weighted by Gasteiger charge is -2.16. The van der Waals surface area contributed by atoms with Crippen molar-refractivity contribution in [1.29, 1.82) is 0 Å². The van der Waals surface area contributed by atoms with E-state index in [1.807, 2.05) is 14.0 Å². The van der Waals surface area contributed by atoms with Gasteiger partial charge < -0.3 is 20.3 Å². The van der Waals surface area contributed by atoms with Crippen molar-refractivity contribution in [3.05, 3.63) is 16.1 Å². The summed E-state index contributed by atoms with van der Waals surface area (Å²) in [6, 6.07) is 0. The molecule has 0 unspecified atom stereocenters. The molecule has 0 aliphatic heterocycles. The van der Waals surface area contributed by atoms with Crippen LogP contribution in [0.25, 0.3) is 0 Å². The molecule has 0 aliphatic carbocycles. The Morgan fingerprint density at radius 3 is 2.73 bits per heavy atom. The second-order valence-electron chi connectivity index (χ2n) is 5.71. The number of halogens is 3. The van der Waals surface area contributed by atoms with E-state index in [4.69, 9.17) is 4.74 Å². The number of hydrogen-bond donors (Lipinski definition) is 2. The molecule has 0 bridgehead atoms. The average Bonchev–Trinajstić information content (AvgIpc) is 3.04. The number of likely N-dealkylation sites (N-methyl/N-ethyl adjacent to an activating group) is 1. The average molecular weight is 395 g/mol. The number of nitrogens with zero attached hydrogens (tertiary/aromatic N) is 3. The fraction of sp³-hybridized carbons (Fsp3) is 0.750. The van der Waals surface area contributed by atoms with Gasteiger partial charge in [-0.3, -0.25) is 4.99 Å². The molecule has 6 nitrogen and oxygen atoms in total. The molecule has 1 aromatic rings. The van der Waals surface area contributed by atoms with Crippen LogP contribution in [-0.4, -0.2) is 69.3 Å². The largest absolute Gasteiger partial charge is 0.434 e. The number of ether oxygens (including phenoxy) is 1. The molecule has 0 fully saturated rings. The van der Waals surface area contributed by atoms with Crippen molar-refractivity contribution in [2.75, 3.05) is 53.5 Å². The molecule has 0 radical (unpaired) electrons. The van der Waals surface area contributed by atoms with Crippen molar-refractivity contribution >= 4 is 17.3 Å². The van der Waals surface area contributed by atoms with Gasteiger partial charge >= 0.3 is 6.18 Å². The predicted octanol–water partition coefficient (Wildman–Crippen LogP) is 2.23.